The van der Waals surface area contributed by atoms with Gasteiger partial charge in [0.05, 0.1) is 5.60 Å². The molecule has 2 N–H and O–H groups in total. The second-order valence-corrected chi connectivity index (χ2v) is 5.99. The molecule has 18 heavy (non-hydrogen) atoms. The molecular weight excluding hydrogens is 224 g/mol. The molecule has 2 aliphatic rings. The van der Waals surface area contributed by atoms with Crippen molar-refractivity contribution in [1.82, 2.24) is 5.32 Å². The van der Waals surface area contributed by atoms with E-state index in [2.05, 4.69) is 34.5 Å². The summed E-state index contributed by atoms with van der Waals surface area (Å²) in [6, 6.07) is 9.49. The van der Waals surface area contributed by atoms with E-state index in [1.807, 2.05) is 6.92 Å². The minimum atomic E-state index is -0.522. The smallest absolute Gasteiger partial charge is 0.0810 e. The molecule has 1 aromatic carbocycles. The van der Waals surface area contributed by atoms with E-state index in [0.29, 0.717) is 0 Å². The number of hydrogen-bond donors (Lipinski definition) is 2. The lowest BCUT2D eigenvalue weighted by Gasteiger charge is -2.21. The third kappa shape index (κ3) is 2.85. The average molecular weight is 246 g/mol. The summed E-state index contributed by atoms with van der Waals surface area (Å²) in [7, 11) is 0. The predicted molar refractivity (Wildman–Crippen MR) is 73.8 cm³/mol. The van der Waals surface area contributed by atoms with Crippen molar-refractivity contribution in [3.8, 4) is 0 Å². The number of nitrogens with zero attached hydrogens (tertiary/aromatic N) is 1. The fourth-order valence-electron chi connectivity index (χ4n) is 2.54. The lowest BCUT2D eigenvalue weighted by Crippen LogP contribution is -2.29. The van der Waals surface area contributed by atoms with Crippen molar-refractivity contribution in [2.45, 2.75) is 44.4 Å². The predicted octanol–water partition coefficient (Wildman–Crippen LogP) is 1.90. The molecule has 1 aliphatic heterocycles. The zero-order valence-corrected chi connectivity index (χ0v) is 11.0. The summed E-state index contributed by atoms with van der Waals surface area (Å²) < 4.78 is 0. The van der Waals surface area contributed by atoms with E-state index in [-0.39, 0.29) is 0 Å². The standard InChI is InChI=1S/C15H22N2O/c1-15(18)8-9-17(11-15)14-6-2-12(3-7-14)10-16-13-4-5-13/h2-3,6-7,13,16,18H,4-5,8-11H2,1H3. The molecule has 0 spiro atoms. The van der Waals surface area contributed by atoms with Gasteiger partial charge < -0.3 is 15.3 Å². The molecule has 2 fully saturated rings. The Labute approximate surface area is 109 Å². The molecule has 1 atom stereocenters. The van der Waals surface area contributed by atoms with Gasteiger partial charge in [0.1, 0.15) is 0 Å². The Bertz CT molecular complexity index is 409. The molecular formula is C15H22N2O. The Hall–Kier alpha value is -1.06. The van der Waals surface area contributed by atoms with Crippen LogP contribution in [0.25, 0.3) is 0 Å². The summed E-state index contributed by atoms with van der Waals surface area (Å²) >= 11 is 0. The topological polar surface area (TPSA) is 35.5 Å². The van der Waals surface area contributed by atoms with E-state index in [1.165, 1.54) is 24.1 Å². The number of hydrogen-bond acceptors (Lipinski definition) is 3. The molecule has 1 heterocycles. The van der Waals surface area contributed by atoms with Crippen molar-refractivity contribution in [3.05, 3.63) is 29.8 Å². The number of rotatable bonds is 4. The monoisotopic (exact) mass is 246 g/mol. The van der Waals surface area contributed by atoms with E-state index < -0.39 is 5.60 Å². The number of anilines is 1. The molecule has 0 amide bonds. The maximum atomic E-state index is 9.98. The Morgan fingerprint density at radius 2 is 2.06 bits per heavy atom. The van der Waals surface area contributed by atoms with Crippen LogP contribution in [0, 0.1) is 0 Å². The fourth-order valence-corrected chi connectivity index (χ4v) is 2.54. The molecule has 0 radical (unpaired) electrons. The first-order chi connectivity index (χ1) is 8.62. The number of nitrogens with one attached hydrogen (secondary N) is 1. The summed E-state index contributed by atoms with van der Waals surface area (Å²) in [4.78, 5) is 2.26. The van der Waals surface area contributed by atoms with Gasteiger partial charge >= 0.3 is 0 Å². The van der Waals surface area contributed by atoms with E-state index in [1.54, 1.807) is 0 Å². The molecule has 0 aromatic heterocycles. The zero-order valence-electron chi connectivity index (χ0n) is 11.0. The van der Waals surface area contributed by atoms with E-state index >= 15 is 0 Å². The highest BCUT2D eigenvalue weighted by molar-refractivity contribution is 5.49. The van der Waals surface area contributed by atoms with Crippen LogP contribution in [-0.4, -0.2) is 29.8 Å². The molecule has 3 rings (SSSR count). The van der Waals surface area contributed by atoms with Gasteiger partial charge in [0.25, 0.3) is 0 Å². The second kappa shape index (κ2) is 4.56. The summed E-state index contributed by atoms with van der Waals surface area (Å²) in [6.07, 6.45) is 3.53. The van der Waals surface area contributed by atoms with Crippen LogP contribution in [0.1, 0.15) is 31.7 Å². The highest BCUT2D eigenvalue weighted by Gasteiger charge is 2.31. The van der Waals surface area contributed by atoms with Gasteiger partial charge in [0.2, 0.25) is 0 Å². The van der Waals surface area contributed by atoms with Crippen LogP contribution in [0.15, 0.2) is 24.3 Å². The van der Waals surface area contributed by atoms with Gasteiger partial charge in [-0.1, -0.05) is 12.1 Å². The molecule has 1 aromatic rings. The van der Waals surface area contributed by atoms with E-state index in [0.717, 1.165) is 32.1 Å². The minimum Gasteiger partial charge on any atom is -0.388 e. The minimum absolute atomic E-state index is 0.522. The number of β-amino-alcohol motifs (C(OH)–C–C–N with tert-alkyl or cyclic N) is 1. The molecule has 1 saturated heterocycles. The highest BCUT2D eigenvalue weighted by Crippen LogP contribution is 2.26. The normalized spacial score (nSPS) is 27.8. The van der Waals surface area contributed by atoms with Gasteiger partial charge in [-0.05, 0) is 43.9 Å². The third-order valence-corrected chi connectivity index (χ3v) is 3.93. The van der Waals surface area contributed by atoms with Crippen LogP contribution < -0.4 is 10.2 Å². The molecule has 1 saturated carbocycles. The summed E-state index contributed by atoms with van der Waals surface area (Å²) in [5.41, 5.74) is 2.05. The SMILES string of the molecule is CC1(O)CCN(c2ccc(CNC3CC3)cc2)C1. The lowest BCUT2D eigenvalue weighted by molar-refractivity contribution is 0.0839. The van der Waals surface area contributed by atoms with E-state index in [9.17, 15) is 5.11 Å². The van der Waals surface area contributed by atoms with Crippen LogP contribution in [-0.2, 0) is 6.54 Å². The van der Waals surface area contributed by atoms with Crippen molar-refractivity contribution in [2.24, 2.45) is 0 Å². The third-order valence-electron chi connectivity index (χ3n) is 3.93. The first-order valence-electron chi connectivity index (χ1n) is 6.92. The number of aliphatic hydroxyl groups is 1. The van der Waals surface area contributed by atoms with Crippen molar-refractivity contribution in [2.75, 3.05) is 18.0 Å². The van der Waals surface area contributed by atoms with Crippen LogP contribution >= 0.6 is 0 Å². The molecule has 98 valence electrons. The largest absolute Gasteiger partial charge is 0.388 e. The first kappa shape index (κ1) is 12.0. The highest BCUT2D eigenvalue weighted by atomic mass is 16.3. The Morgan fingerprint density at radius 3 is 2.61 bits per heavy atom. The molecule has 1 aliphatic carbocycles. The van der Waals surface area contributed by atoms with Crippen LogP contribution in [0.2, 0.25) is 0 Å². The quantitative estimate of drug-likeness (QED) is 0.851. The first-order valence-corrected chi connectivity index (χ1v) is 6.92. The Kier molecular flexibility index (Phi) is 3.04. The van der Waals surface area contributed by atoms with Crippen LogP contribution in [0.5, 0.6) is 0 Å². The summed E-state index contributed by atoms with van der Waals surface area (Å²) in [6.45, 7) is 4.59. The van der Waals surface area contributed by atoms with Crippen molar-refractivity contribution in [1.29, 1.82) is 0 Å². The van der Waals surface area contributed by atoms with Crippen molar-refractivity contribution < 1.29 is 5.11 Å². The zero-order chi connectivity index (χ0) is 12.6. The van der Waals surface area contributed by atoms with Crippen LogP contribution in [0.3, 0.4) is 0 Å². The number of benzene rings is 1. The molecule has 1 unspecified atom stereocenters. The van der Waals surface area contributed by atoms with Gasteiger partial charge in [0, 0.05) is 31.4 Å². The van der Waals surface area contributed by atoms with Gasteiger partial charge in [0.15, 0.2) is 0 Å². The summed E-state index contributed by atoms with van der Waals surface area (Å²) in [5, 5.41) is 13.5. The Balaban J connectivity index is 1.60. The van der Waals surface area contributed by atoms with Gasteiger partial charge in [-0.25, -0.2) is 0 Å². The van der Waals surface area contributed by atoms with Crippen molar-refractivity contribution in [3.63, 3.8) is 0 Å². The maximum Gasteiger partial charge on any atom is 0.0810 e. The molecule has 0 bridgehead atoms. The van der Waals surface area contributed by atoms with Crippen LogP contribution in [0.4, 0.5) is 5.69 Å². The van der Waals surface area contributed by atoms with Gasteiger partial charge in [-0.2, -0.15) is 0 Å². The van der Waals surface area contributed by atoms with Crippen molar-refractivity contribution >= 4 is 5.69 Å². The lowest BCUT2D eigenvalue weighted by atomic mass is 10.1. The second-order valence-electron chi connectivity index (χ2n) is 5.99. The Morgan fingerprint density at radius 1 is 1.33 bits per heavy atom. The average Bonchev–Trinajstić information content (AvgIpc) is 3.11. The summed E-state index contributed by atoms with van der Waals surface area (Å²) in [5.74, 6) is 0. The fraction of sp³-hybridized carbons (Fsp3) is 0.600. The maximum absolute atomic E-state index is 9.98. The molecule has 3 heteroatoms. The van der Waals surface area contributed by atoms with E-state index in [4.69, 9.17) is 0 Å². The van der Waals surface area contributed by atoms with Gasteiger partial charge in [-0.15, -0.1) is 0 Å². The molecule has 3 nitrogen and oxygen atoms in total. The van der Waals surface area contributed by atoms with Gasteiger partial charge in [-0.3, -0.25) is 0 Å².